The van der Waals surface area contributed by atoms with Crippen molar-refractivity contribution in [3.8, 4) is 5.75 Å². The third kappa shape index (κ3) is 4.89. The normalized spacial score (nSPS) is 16.6. The Kier molecular flexibility index (Phi) is 6.36. The van der Waals surface area contributed by atoms with E-state index < -0.39 is 16.1 Å². The molecule has 0 radical (unpaired) electrons. The van der Waals surface area contributed by atoms with E-state index in [0.717, 1.165) is 49.7 Å². The molecule has 1 aliphatic heterocycles. The molecule has 3 rings (SSSR count). The summed E-state index contributed by atoms with van der Waals surface area (Å²) < 4.78 is 33.9. The van der Waals surface area contributed by atoms with Gasteiger partial charge < -0.3 is 9.30 Å². The zero-order valence-electron chi connectivity index (χ0n) is 16.9. The summed E-state index contributed by atoms with van der Waals surface area (Å²) in [5.41, 5.74) is 1.15. The van der Waals surface area contributed by atoms with Gasteiger partial charge in [-0.25, -0.2) is 13.1 Å². The summed E-state index contributed by atoms with van der Waals surface area (Å²) in [4.78, 5) is 2.37. The molecular formula is C19H29N5O3S. The number of hydrogen-bond donors (Lipinski definition) is 1. The lowest BCUT2D eigenvalue weighted by molar-refractivity contribution is 0.264. The Morgan fingerprint density at radius 3 is 2.61 bits per heavy atom. The van der Waals surface area contributed by atoms with Gasteiger partial charge >= 0.3 is 0 Å². The summed E-state index contributed by atoms with van der Waals surface area (Å²) in [6, 6.07) is 7.66. The van der Waals surface area contributed by atoms with Gasteiger partial charge in [0.1, 0.15) is 11.6 Å². The molecule has 8 nitrogen and oxygen atoms in total. The van der Waals surface area contributed by atoms with Crippen molar-refractivity contribution in [2.45, 2.75) is 39.4 Å². The van der Waals surface area contributed by atoms with E-state index in [4.69, 9.17) is 4.74 Å². The van der Waals surface area contributed by atoms with Crippen LogP contribution >= 0.6 is 0 Å². The van der Waals surface area contributed by atoms with E-state index in [1.165, 1.54) is 6.26 Å². The zero-order chi connectivity index (χ0) is 20.3. The molecule has 2 heterocycles. The van der Waals surface area contributed by atoms with Gasteiger partial charge in [0.25, 0.3) is 0 Å². The number of hydrogen-bond acceptors (Lipinski definition) is 6. The van der Waals surface area contributed by atoms with Gasteiger partial charge in [-0.3, -0.25) is 4.90 Å². The minimum absolute atomic E-state index is 0.0657. The predicted octanol–water partition coefficient (Wildman–Crippen LogP) is 1.59. The van der Waals surface area contributed by atoms with E-state index >= 15 is 0 Å². The summed E-state index contributed by atoms with van der Waals surface area (Å²) >= 11 is 0. The Hall–Kier alpha value is -1.97. The van der Waals surface area contributed by atoms with E-state index in [1.807, 2.05) is 32.0 Å². The number of benzene rings is 1. The lowest BCUT2D eigenvalue weighted by Gasteiger charge is -2.23. The van der Waals surface area contributed by atoms with E-state index in [9.17, 15) is 8.42 Å². The molecule has 0 amide bonds. The first-order valence-electron chi connectivity index (χ1n) is 9.52. The van der Waals surface area contributed by atoms with Crippen LogP contribution in [-0.4, -0.2) is 54.5 Å². The molecule has 9 heteroatoms. The van der Waals surface area contributed by atoms with Gasteiger partial charge in [-0.1, -0.05) is 32.0 Å². The zero-order valence-corrected chi connectivity index (χ0v) is 17.7. The summed E-state index contributed by atoms with van der Waals surface area (Å²) in [5, 5.41) is 8.68. The van der Waals surface area contributed by atoms with E-state index in [0.29, 0.717) is 5.82 Å². The molecule has 1 aliphatic rings. The van der Waals surface area contributed by atoms with Gasteiger partial charge in [0, 0.05) is 38.2 Å². The topological polar surface area (TPSA) is 89.3 Å². The Morgan fingerprint density at radius 1 is 1.18 bits per heavy atom. The standard InChI is InChI=1S/C19H29N5O3S/c1-14(2)18(22-28(4,25)26)19-21-20-17-9-10-23(11-12-24(17)19)13-15-7-5-6-8-16(15)27-3/h5-8,14,18,22H,9-13H2,1-4H3/t18-/m0/s1. The van der Waals surface area contributed by atoms with Crippen LogP contribution in [0.2, 0.25) is 0 Å². The maximum Gasteiger partial charge on any atom is 0.209 e. The molecule has 0 fully saturated rings. The summed E-state index contributed by atoms with van der Waals surface area (Å²) in [6.07, 6.45) is 1.95. The molecule has 28 heavy (non-hydrogen) atoms. The van der Waals surface area contributed by atoms with Crippen LogP contribution in [0.5, 0.6) is 5.75 Å². The van der Waals surface area contributed by atoms with Crippen LogP contribution in [0.25, 0.3) is 0 Å². The van der Waals surface area contributed by atoms with Crippen LogP contribution in [0.15, 0.2) is 24.3 Å². The Bertz CT molecular complexity index is 910. The molecule has 0 aliphatic carbocycles. The van der Waals surface area contributed by atoms with Gasteiger partial charge in [0.2, 0.25) is 10.0 Å². The first kappa shape index (κ1) is 20.8. The van der Waals surface area contributed by atoms with Gasteiger partial charge in [-0.15, -0.1) is 10.2 Å². The fourth-order valence-corrected chi connectivity index (χ4v) is 4.41. The molecule has 1 aromatic heterocycles. The van der Waals surface area contributed by atoms with Crippen molar-refractivity contribution in [1.82, 2.24) is 24.4 Å². The van der Waals surface area contributed by atoms with Crippen molar-refractivity contribution in [2.24, 2.45) is 5.92 Å². The summed E-state index contributed by atoms with van der Waals surface area (Å²) in [7, 11) is -1.65. The quantitative estimate of drug-likeness (QED) is 0.750. The van der Waals surface area contributed by atoms with Crippen molar-refractivity contribution in [2.75, 3.05) is 26.5 Å². The van der Waals surface area contributed by atoms with Crippen molar-refractivity contribution in [1.29, 1.82) is 0 Å². The van der Waals surface area contributed by atoms with Crippen molar-refractivity contribution in [3.05, 3.63) is 41.5 Å². The summed E-state index contributed by atoms with van der Waals surface area (Å²) in [5.74, 6) is 2.55. The van der Waals surface area contributed by atoms with Crippen molar-refractivity contribution >= 4 is 10.0 Å². The SMILES string of the molecule is COc1ccccc1CN1CCc2nnc([C@@H](NS(C)(=O)=O)C(C)C)n2CC1. The second kappa shape index (κ2) is 8.59. The number of fused-ring (bicyclic) bond motifs is 1. The highest BCUT2D eigenvalue weighted by molar-refractivity contribution is 7.88. The van der Waals surface area contributed by atoms with Crippen LogP contribution in [0.4, 0.5) is 0 Å². The lowest BCUT2D eigenvalue weighted by Crippen LogP contribution is -2.33. The van der Waals surface area contributed by atoms with Crippen LogP contribution in [-0.2, 0) is 29.5 Å². The van der Waals surface area contributed by atoms with Crippen LogP contribution in [0.1, 0.15) is 37.1 Å². The number of sulfonamides is 1. The number of methoxy groups -OCH3 is 1. The third-order valence-corrected chi connectivity index (χ3v) is 5.70. The molecule has 0 spiro atoms. The number of nitrogens with zero attached hydrogens (tertiary/aromatic N) is 4. The molecule has 0 saturated carbocycles. The predicted molar refractivity (Wildman–Crippen MR) is 108 cm³/mol. The molecule has 0 saturated heterocycles. The fraction of sp³-hybridized carbons (Fsp3) is 0.579. The maximum atomic E-state index is 11.8. The van der Waals surface area contributed by atoms with E-state index in [1.54, 1.807) is 7.11 Å². The number of para-hydroxylation sites is 1. The first-order chi connectivity index (χ1) is 13.3. The largest absolute Gasteiger partial charge is 0.496 e. The average Bonchev–Trinajstić information content (AvgIpc) is 2.93. The monoisotopic (exact) mass is 407 g/mol. The highest BCUT2D eigenvalue weighted by Gasteiger charge is 2.28. The third-order valence-electron chi connectivity index (χ3n) is 5.02. The number of aromatic nitrogens is 3. The minimum Gasteiger partial charge on any atom is -0.496 e. The molecule has 0 unspecified atom stereocenters. The van der Waals surface area contributed by atoms with Crippen LogP contribution < -0.4 is 9.46 Å². The van der Waals surface area contributed by atoms with Crippen LogP contribution in [0.3, 0.4) is 0 Å². The maximum absolute atomic E-state index is 11.8. The number of rotatable bonds is 7. The van der Waals surface area contributed by atoms with E-state index in [-0.39, 0.29) is 5.92 Å². The molecular weight excluding hydrogens is 378 g/mol. The molecule has 2 aromatic rings. The Labute approximate surface area is 167 Å². The fourth-order valence-electron chi connectivity index (χ4n) is 3.57. The Morgan fingerprint density at radius 2 is 1.93 bits per heavy atom. The van der Waals surface area contributed by atoms with Gasteiger partial charge in [-0.05, 0) is 12.0 Å². The molecule has 0 bridgehead atoms. The molecule has 1 aromatic carbocycles. The van der Waals surface area contributed by atoms with Crippen molar-refractivity contribution in [3.63, 3.8) is 0 Å². The van der Waals surface area contributed by atoms with E-state index in [2.05, 4.69) is 30.5 Å². The molecule has 1 atom stereocenters. The van der Waals surface area contributed by atoms with Gasteiger partial charge in [0.05, 0.1) is 19.4 Å². The molecule has 154 valence electrons. The lowest BCUT2D eigenvalue weighted by atomic mass is 10.1. The second-order valence-electron chi connectivity index (χ2n) is 7.58. The van der Waals surface area contributed by atoms with Crippen molar-refractivity contribution < 1.29 is 13.2 Å². The first-order valence-corrected chi connectivity index (χ1v) is 11.4. The van der Waals surface area contributed by atoms with Gasteiger partial charge in [-0.2, -0.15) is 0 Å². The number of nitrogens with one attached hydrogen (secondary N) is 1. The minimum atomic E-state index is -3.34. The second-order valence-corrected chi connectivity index (χ2v) is 9.36. The van der Waals surface area contributed by atoms with Crippen LogP contribution in [0, 0.1) is 5.92 Å². The smallest absolute Gasteiger partial charge is 0.209 e. The number of ether oxygens (including phenoxy) is 1. The highest BCUT2D eigenvalue weighted by atomic mass is 32.2. The summed E-state index contributed by atoms with van der Waals surface area (Å²) in [6.45, 7) is 7.18. The highest BCUT2D eigenvalue weighted by Crippen LogP contribution is 2.24. The average molecular weight is 408 g/mol. The Balaban J connectivity index is 1.77. The van der Waals surface area contributed by atoms with Gasteiger partial charge in [0.15, 0.2) is 5.82 Å². The molecule has 1 N–H and O–H groups in total.